The van der Waals surface area contributed by atoms with E-state index < -0.39 is 33.6 Å². The minimum absolute atomic E-state index is 0.0193. The molecular weight excluding hydrogens is 512 g/mol. The van der Waals surface area contributed by atoms with Gasteiger partial charge >= 0.3 is 0 Å². The number of halogens is 2. The van der Waals surface area contributed by atoms with E-state index in [0.29, 0.717) is 5.82 Å². The van der Waals surface area contributed by atoms with Crippen LogP contribution in [-0.2, 0) is 19.4 Å². The molecule has 2 atom stereocenters. The van der Waals surface area contributed by atoms with Crippen LogP contribution in [0, 0.1) is 17.6 Å². The zero-order valence-electron chi connectivity index (χ0n) is 21.4. The second kappa shape index (κ2) is 11.1. The molecule has 0 bridgehead atoms. The average Bonchev–Trinajstić information content (AvgIpc) is 3.24. The summed E-state index contributed by atoms with van der Waals surface area (Å²) in [4.78, 5) is 18.7. The molecule has 3 aromatic rings. The standard InChI is InChI=1S/C28H33F2N3O4S/c1-37-26(19-8-4-2-5-9-19)27-32-23-16-21(29)22(30)17-24(23)33(27)25(18-12-14-38(35,36)15-13-18)28(34)31-20-10-6-3-7-11-20/h2,4-5,8-9,16-18,20,25-26H,3,6-7,10-15H2,1H3,(H,31,34). The Morgan fingerprint density at radius 3 is 2.34 bits per heavy atom. The lowest BCUT2D eigenvalue weighted by Crippen LogP contribution is -2.45. The van der Waals surface area contributed by atoms with E-state index in [1.165, 1.54) is 7.11 Å². The van der Waals surface area contributed by atoms with Crippen molar-refractivity contribution in [2.45, 2.75) is 63.1 Å². The van der Waals surface area contributed by atoms with Gasteiger partial charge in [-0.3, -0.25) is 4.79 Å². The third-order valence-corrected chi connectivity index (χ3v) is 9.59. The summed E-state index contributed by atoms with van der Waals surface area (Å²) in [7, 11) is -1.67. The molecule has 5 rings (SSSR count). The van der Waals surface area contributed by atoms with Crippen LogP contribution in [0.4, 0.5) is 8.78 Å². The number of benzene rings is 2. The Morgan fingerprint density at radius 1 is 1.03 bits per heavy atom. The molecule has 2 heterocycles. The topological polar surface area (TPSA) is 90.3 Å². The Hall–Kier alpha value is -2.85. The number of ether oxygens (including phenoxy) is 1. The summed E-state index contributed by atoms with van der Waals surface area (Å²) in [5.74, 6) is -2.37. The number of hydrogen-bond donors (Lipinski definition) is 1. The van der Waals surface area contributed by atoms with Gasteiger partial charge in [-0.1, -0.05) is 49.6 Å². The predicted octanol–water partition coefficient (Wildman–Crippen LogP) is 4.87. The number of nitrogens with one attached hydrogen (secondary N) is 1. The van der Waals surface area contributed by atoms with Crippen molar-refractivity contribution in [2.75, 3.05) is 18.6 Å². The van der Waals surface area contributed by atoms with Gasteiger partial charge in [-0.15, -0.1) is 0 Å². The first kappa shape index (κ1) is 26.7. The summed E-state index contributed by atoms with van der Waals surface area (Å²) < 4.78 is 60.9. The Balaban J connectivity index is 1.67. The van der Waals surface area contributed by atoms with Crippen LogP contribution in [0.3, 0.4) is 0 Å². The van der Waals surface area contributed by atoms with E-state index in [9.17, 15) is 22.0 Å². The number of fused-ring (bicyclic) bond motifs is 1. The zero-order chi connectivity index (χ0) is 26.9. The molecule has 1 aromatic heterocycles. The number of hydrogen-bond acceptors (Lipinski definition) is 5. The number of imidazole rings is 1. The fourth-order valence-corrected chi connectivity index (χ4v) is 7.43. The molecule has 38 heavy (non-hydrogen) atoms. The van der Waals surface area contributed by atoms with E-state index >= 15 is 0 Å². The molecule has 1 N–H and O–H groups in total. The van der Waals surface area contributed by atoms with Gasteiger partial charge in [-0.25, -0.2) is 22.2 Å². The van der Waals surface area contributed by atoms with Crippen molar-refractivity contribution in [1.29, 1.82) is 0 Å². The molecule has 0 spiro atoms. The Morgan fingerprint density at radius 2 is 1.68 bits per heavy atom. The van der Waals surface area contributed by atoms with Crippen molar-refractivity contribution in [3.05, 3.63) is 65.5 Å². The number of amides is 1. The second-order valence-electron chi connectivity index (χ2n) is 10.4. The van der Waals surface area contributed by atoms with Gasteiger partial charge in [-0.2, -0.15) is 0 Å². The van der Waals surface area contributed by atoms with Crippen LogP contribution < -0.4 is 5.32 Å². The molecule has 2 aliphatic rings. The van der Waals surface area contributed by atoms with E-state index in [-0.39, 0.29) is 53.2 Å². The number of nitrogens with zero attached hydrogens (tertiary/aromatic N) is 2. The van der Waals surface area contributed by atoms with E-state index in [4.69, 9.17) is 4.74 Å². The maximum absolute atomic E-state index is 14.6. The van der Waals surface area contributed by atoms with Gasteiger partial charge in [0.15, 0.2) is 11.6 Å². The van der Waals surface area contributed by atoms with Crippen molar-refractivity contribution >= 4 is 26.8 Å². The number of rotatable bonds is 7. The number of carbonyl (C=O) groups excluding carboxylic acids is 1. The quantitative estimate of drug-likeness (QED) is 0.458. The highest BCUT2D eigenvalue weighted by molar-refractivity contribution is 7.91. The number of methoxy groups -OCH3 is 1. The Labute approximate surface area is 221 Å². The number of aromatic nitrogens is 2. The lowest BCUT2D eigenvalue weighted by molar-refractivity contribution is -0.127. The zero-order valence-corrected chi connectivity index (χ0v) is 22.2. The molecule has 10 heteroatoms. The predicted molar refractivity (Wildman–Crippen MR) is 140 cm³/mol. The summed E-state index contributed by atoms with van der Waals surface area (Å²) in [5, 5.41) is 3.19. The first-order valence-electron chi connectivity index (χ1n) is 13.2. The SMILES string of the molecule is COC(c1ccccc1)c1nc2cc(F)c(F)cc2n1C(C(=O)NC1CCCCC1)C1CCS(=O)(=O)CC1. The highest BCUT2D eigenvalue weighted by Gasteiger charge is 2.39. The maximum Gasteiger partial charge on any atom is 0.243 e. The van der Waals surface area contributed by atoms with Gasteiger partial charge in [0.25, 0.3) is 0 Å². The molecular formula is C28H33F2N3O4S. The summed E-state index contributed by atoms with van der Waals surface area (Å²) in [6.45, 7) is 0. The van der Waals surface area contributed by atoms with Crippen LogP contribution in [0.1, 0.15) is 68.5 Å². The molecule has 1 saturated carbocycles. The summed E-state index contributed by atoms with van der Waals surface area (Å²) in [6.07, 6.45) is 4.80. The minimum atomic E-state index is -3.19. The Bertz CT molecular complexity index is 1390. The summed E-state index contributed by atoms with van der Waals surface area (Å²) in [5.41, 5.74) is 1.25. The number of carbonyl (C=O) groups is 1. The van der Waals surface area contributed by atoms with Gasteiger partial charge in [-0.05, 0) is 37.2 Å². The molecule has 1 saturated heterocycles. The lowest BCUT2D eigenvalue weighted by Gasteiger charge is -2.34. The fraction of sp³-hybridized carbons (Fsp3) is 0.500. The van der Waals surface area contributed by atoms with E-state index in [1.807, 2.05) is 30.3 Å². The van der Waals surface area contributed by atoms with Gasteiger partial charge in [0.1, 0.15) is 27.8 Å². The van der Waals surface area contributed by atoms with Crippen molar-refractivity contribution in [1.82, 2.24) is 14.9 Å². The van der Waals surface area contributed by atoms with Crippen LogP contribution in [0.5, 0.6) is 0 Å². The van der Waals surface area contributed by atoms with Crippen molar-refractivity contribution in [3.63, 3.8) is 0 Å². The first-order valence-corrected chi connectivity index (χ1v) is 15.0. The van der Waals surface area contributed by atoms with Crippen LogP contribution in [-0.4, -0.2) is 48.5 Å². The van der Waals surface area contributed by atoms with Crippen molar-refractivity contribution in [3.8, 4) is 0 Å². The van der Waals surface area contributed by atoms with Crippen LogP contribution in [0.25, 0.3) is 11.0 Å². The van der Waals surface area contributed by atoms with E-state index in [2.05, 4.69) is 10.3 Å². The molecule has 1 aliphatic heterocycles. The molecule has 2 unspecified atom stereocenters. The summed E-state index contributed by atoms with van der Waals surface area (Å²) >= 11 is 0. The third-order valence-electron chi connectivity index (χ3n) is 7.88. The van der Waals surface area contributed by atoms with Gasteiger partial charge < -0.3 is 14.6 Å². The highest BCUT2D eigenvalue weighted by Crippen LogP contribution is 2.38. The Kier molecular flexibility index (Phi) is 7.81. The highest BCUT2D eigenvalue weighted by atomic mass is 32.2. The molecule has 2 fully saturated rings. The fourth-order valence-electron chi connectivity index (χ4n) is 5.90. The average molecular weight is 546 g/mol. The van der Waals surface area contributed by atoms with Crippen LogP contribution in [0.15, 0.2) is 42.5 Å². The van der Waals surface area contributed by atoms with Crippen LogP contribution >= 0.6 is 0 Å². The second-order valence-corrected chi connectivity index (χ2v) is 12.7. The van der Waals surface area contributed by atoms with Gasteiger partial charge in [0.2, 0.25) is 5.91 Å². The molecule has 0 radical (unpaired) electrons. The lowest BCUT2D eigenvalue weighted by atomic mass is 9.90. The van der Waals surface area contributed by atoms with Crippen molar-refractivity contribution < 1.29 is 26.7 Å². The molecule has 1 amide bonds. The van der Waals surface area contributed by atoms with E-state index in [1.54, 1.807) is 4.57 Å². The van der Waals surface area contributed by atoms with Gasteiger partial charge in [0, 0.05) is 25.3 Å². The monoisotopic (exact) mass is 545 g/mol. The molecule has 7 nitrogen and oxygen atoms in total. The normalized spacial score (nSPS) is 20.3. The largest absolute Gasteiger partial charge is 0.369 e. The molecule has 204 valence electrons. The molecule has 1 aliphatic carbocycles. The summed E-state index contributed by atoms with van der Waals surface area (Å²) in [6, 6.07) is 10.6. The third kappa shape index (κ3) is 5.47. The van der Waals surface area contributed by atoms with Crippen molar-refractivity contribution in [2.24, 2.45) is 5.92 Å². The van der Waals surface area contributed by atoms with Crippen LogP contribution in [0.2, 0.25) is 0 Å². The maximum atomic E-state index is 14.6. The minimum Gasteiger partial charge on any atom is -0.369 e. The molecule has 2 aromatic carbocycles. The number of sulfone groups is 1. The smallest absolute Gasteiger partial charge is 0.243 e. The van der Waals surface area contributed by atoms with Gasteiger partial charge in [0.05, 0.1) is 22.5 Å². The van der Waals surface area contributed by atoms with E-state index in [0.717, 1.165) is 49.8 Å². The first-order chi connectivity index (χ1) is 18.3.